The maximum atomic E-state index is 12.9. The molecule has 1 fully saturated rings. The Morgan fingerprint density at radius 3 is 2.03 bits per heavy atom. The molecule has 186 valence electrons. The van der Waals surface area contributed by atoms with E-state index in [4.69, 9.17) is 9.47 Å². The number of hydrogen-bond acceptors (Lipinski definition) is 12. The fourth-order valence-corrected chi connectivity index (χ4v) is 3.97. The first-order chi connectivity index (χ1) is 15.0. The molecule has 0 aromatic heterocycles. The molecule has 0 spiro atoms. The zero-order valence-corrected chi connectivity index (χ0v) is 19.0. The Morgan fingerprint density at radius 2 is 1.56 bits per heavy atom. The van der Waals surface area contributed by atoms with E-state index in [9.17, 15) is 34.8 Å². The summed E-state index contributed by atoms with van der Waals surface area (Å²) in [4.78, 5) is 37.6. The molecule has 4 N–H and O–H groups in total. The van der Waals surface area contributed by atoms with E-state index in [-0.39, 0.29) is 6.42 Å². The van der Waals surface area contributed by atoms with Crippen molar-refractivity contribution < 1.29 is 58.5 Å². The molecule has 0 aromatic rings. The van der Waals surface area contributed by atoms with Gasteiger partial charge in [0.1, 0.15) is 12.2 Å². The van der Waals surface area contributed by atoms with Gasteiger partial charge in [-0.3, -0.25) is 0 Å². The average Bonchev–Trinajstić information content (AvgIpc) is 3.04. The van der Waals surface area contributed by atoms with Crippen LogP contribution in [0.15, 0.2) is 0 Å². The third-order valence-corrected chi connectivity index (χ3v) is 5.85. The molecular weight excluding hydrogens is 432 g/mol. The molecule has 0 unspecified atom stereocenters. The maximum Gasteiger partial charge on any atom is 0.345 e. The molecule has 32 heavy (non-hydrogen) atoms. The average molecular weight is 466 g/mol. The number of rotatable bonds is 12. The van der Waals surface area contributed by atoms with E-state index in [1.54, 1.807) is 0 Å². The summed E-state index contributed by atoms with van der Waals surface area (Å²) in [5.74, 6) is -6.91. The van der Waals surface area contributed by atoms with E-state index in [0.29, 0.717) is 12.8 Å². The second-order valence-corrected chi connectivity index (χ2v) is 7.58. The third-order valence-electron chi connectivity index (χ3n) is 5.85. The normalized spacial score (nSPS) is 30.3. The van der Waals surface area contributed by atoms with Gasteiger partial charge in [-0.25, -0.2) is 14.4 Å². The molecule has 12 heteroatoms. The van der Waals surface area contributed by atoms with Crippen LogP contribution in [-0.4, -0.2) is 102 Å². The van der Waals surface area contributed by atoms with Crippen LogP contribution in [0.1, 0.15) is 45.4 Å². The summed E-state index contributed by atoms with van der Waals surface area (Å²) in [5.41, 5.74) is -6.79. The van der Waals surface area contributed by atoms with Crippen LogP contribution in [0.5, 0.6) is 0 Å². The number of aliphatic hydroxyl groups is 4. The monoisotopic (exact) mass is 466 g/mol. The summed E-state index contributed by atoms with van der Waals surface area (Å²) in [6.45, 7) is 2.03. The van der Waals surface area contributed by atoms with Crippen LogP contribution in [0.25, 0.3) is 0 Å². The zero-order chi connectivity index (χ0) is 24.7. The number of unbranched alkanes of at least 4 members (excludes halogenated alkanes) is 4. The lowest BCUT2D eigenvalue weighted by atomic mass is 9.74. The van der Waals surface area contributed by atoms with Gasteiger partial charge in [0.2, 0.25) is 11.2 Å². The van der Waals surface area contributed by atoms with Gasteiger partial charge in [0, 0.05) is 13.5 Å². The number of aliphatic hydroxyl groups excluding tert-OH is 3. The summed E-state index contributed by atoms with van der Waals surface area (Å²) < 4.78 is 24.5. The molecule has 1 saturated heterocycles. The van der Waals surface area contributed by atoms with E-state index < -0.39 is 53.2 Å². The van der Waals surface area contributed by atoms with Crippen molar-refractivity contribution in [3.05, 3.63) is 0 Å². The lowest BCUT2D eigenvalue weighted by Gasteiger charge is -2.43. The summed E-state index contributed by atoms with van der Waals surface area (Å²) in [6.07, 6.45) is -3.26. The highest BCUT2D eigenvalue weighted by Gasteiger charge is 2.80. The first kappa shape index (κ1) is 28.2. The van der Waals surface area contributed by atoms with Crippen LogP contribution in [0, 0.1) is 0 Å². The SMILES string of the molecule is CCCCCCC[C@@]1(OC)O[C@](C(=O)OC)([C@](O)(C(=O)OC)[C@H](O)C(=O)OC)[C@H](O)[C@H]1O. The first-order valence-electron chi connectivity index (χ1n) is 10.3. The van der Waals surface area contributed by atoms with Crippen LogP contribution in [0.3, 0.4) is 0 Å². The molecule has 1 aliphatic heterocycles. The fourth-order valence-electron chi connectivity index (χ4n) is 3.97. The van der Waals surface area contributed by atoms with Crippen LogP contribution in [0.2, 0.25) is 0 Å². The molecule has 0 aliphatic carbocycles. The van der Waals surface area contributed by atoms with Crippen molar-refractivity contribution in [3.8, 4) is 0 Å². The second kappa shape index (κ2) is 11.3. The Kier molecular flexibility index (Phi) is 10.00. The molecule has 1 rings (SSSR count). The molecular formula is C20H34O12. The molecule has 1 aliphatic rings. The number of carbonyl (C=O) groups excluding carboxylic acids is 3. The maximum absolute atomic E-state index is 12.9. The van der Waals surface area contributed by atoms with Crippen molar-refractivity contribution in [1.29, 1.82) is 0 Å². The molecule has 0 bridgehead atoms. The number of hydrogen-bond donors (Lipinski definition) is 4. The van der Waals surface area contributed by atoms with Gasteiger partial charge in [0.25, 0.3) is 0 Å². The summed E-state index contributed by atoms with van der Waals surface area (Å²) >= 11 is 0. The molecule has 0 saturated carbocycles. The largest absolute Gasteiger partial charge is 0.467 e. The Hall–Kier alpha value is -1.83. The third kappa shape index (κ3) is 4.47. The minimum Gasteiger partial charge on any atom is -0.467 e. The van der Waals surface area contributed by atoms with Crippen molar-refractivity contribution in [2.45, 2.75) is 80.7 Å². The lowest BCUT2D eigenvalue weighted by molar-refractivity contribution is -0.304. The Morgan fingerprint density at radius 1 is 0.969 bits per heavy atom. The van der Waals surface area contributed by atoms with Gasteiger partial charge in [-0.2, -0.15) is 0 Å². The number of carbonyl (C=O) groups is 3. The smallest absolute Gasteiger partial charge is 0.345 e. The molecule has 0 radical (unpaired) electrons. The standard InChI is InChI=1S/C20H34O12/c1-6-7-8-9-10-11-18(31-5)12(21)13(22)20(32-18,17(26)30-4)19(27,16(25)29-3)14(23)15(24)28-2/h12-14,21-23,27H,6-11H2,1-5H3/t12-,13-,14-,18-,19-,20-/m1/s1. The molecule has 0 amide bonds. The predicted molar refractivity (Wildman–Crippen MR) is 106 cm³/mol. The molecule has 0 aromatic carbocycles. The van der Waals surface area contributed by atoms with Gasteiger partial charge in [-0.1, -0.05) is 32.6 Å². The lowest BCUT2D eigenvalue weighted by Crippen LogP contribution is -2.75. The van der Waals surface area contributed by atoms with Crippen molar-refractivity contribution in [1.82, 2.24) is 0 Å². The highest BCUT2D eigenvalue weighted by atomic mass is 16.7. The van der Waals surface area contributed by atoms with E-state index in [1.165, 1.54) is 0 Å². The minimum atomic E-state index is -3.58. The van der Waals surface area contributed by atoms with Crippen molar-refractivity contribution >= 4 is 17.9 Å². The Labute approximate surface area is 186 Å². The molecule has 6 atom stereocenters. The second-order valence-electron chi connectivity index (χ2n) is 7.58. The number of esters is 3. The highest BCUT2D eigenvalue weighted by molar-refractivity contribution is 5.98. The van der Waals surface area contributed by atoms with Crippen LogP contribution in [-0.2, 0) is 38.1 Å². The van der Waals surface area contributed by atoms with E-state index in [1.807, 2.05) is 6.92 Å². The number of ether oxygens (including phenoxy) is 5. The van der Waals surface area contributed by atoms with E-state index in [2.05, 4.69) is 14.2 Å². The van der Waals surface area contributed by atoms with Gasteiger partial charge >= 0.3 is 17.9 Å². The topological polar surface area (TPSA) is 178 Å². The molecule has 12 nitrogen and oxygen atoms in total. The van der Waals surface area contributed by atoms with Crippen LogP contribution < -0.4 is 0 Å². The molecule has 1 heterocycles. The summed E-state index contributed by atoms with van der Waals surface area (Å²) in [6, 6.07) is 0. The predicted octanol–water partition coefficient (Wildman–Crippen LogP) is -1.21. The summed E-state index contributed by atoms with van der Waals surface area (Å²) in [7, 11) is 3.64. The van der Waals surface area contributed by atoms with Crippen molar-refractivity contribution in [2.24, 2.45) is 0 Å². The van der Waals surface area contributed by atoms with Gasteiger partial charge in [-0.15, -0.1) is 0 Å². The van der Waals surface area contributed by atoms with Gasteiger partial charge in [0.15, 0.2) is 11.9 Å². The zero-order valence-electron chi connectivity index (χ0n) is 19.0. The Bertz CT molecular complexity index is 669. The van der Waals surface area contributed by atoms with Crippen molar-refractivity contribution in [2.75, 3.05) is 28.4 Å². The van der Waals surface area contributed by atoms with Gasteiger partial charge < -0.3 is 44.1 Å². The number of methoxy groups -OCH3 is 4. The van der Waals surface area contributed by atoms with Crippen molar-refractivity contribution in [3.63, 3.8) is 0 Å². The Balaban J connectivity index is 3.61. The van der Waals surface area contributed by atoms with E-state index in [0.717, 1.165) is 47.7 Å². The highest BCUT2D eigenvalue weighted by Crippen LogP contribution is 2.49. The quantitative estimate of drug-likeness (QED) is 0.153. The van der Waals surface area contributed by atoms with Gasteiger partial charge in [0.05, 0.1) is 21.3 Å². The first-order valence-corrected chi connectivity index (χ1v) is 10.3. The fraction of sp³-hybridized carbons (Fsp3) is 0.850. The minimum absolute atomic E-state index is 0.0598. The van der Waals surface area contributed by atoms with Gasteiger partial charge in [-0.05, 0) is 6.42 Å². The van der Waals surface area contributed by atoms with E-state index >= 15 is 0 Å². The van der Waals surface area contributed by atoms with Crippen LogP contribution in [0.4, 0.5) is 0 Å². The van der Waals surface area contributed by atoms with Crippen LogP contribution >= 0.6 is 0 Å². The summed E-state index contributed by atoms with van der Waals surface area (Å²) in [5, 5.41) is 43.5.